The monoisotopic (exact) mass is 597 g/mol. The van der Waals surface area contributed by atoms with Crippen LogP contribution in [0.2, 0.25) is 5.02 Å². The predicted octanol–water partition coefficient (Wildman–Crippen LogP) is 4.44. The number of methoxy groups -OCH3 is 1. The van der Waals surface area contributed by atoms with Crippen LogP contribution in [0.3, 0.4) is 0 Å². The first-order valence-corrected chi connectivity index (χ1v) is 13.5. The summed E-state index contributed by atoms with van der Waals surface area (Å²) in [6.45, 7) is 3.91. The van der Waals surface area contributed by atoms with Gasteiger partial charge in [0.05, 0.1) is 18.9 Å². The molecule has 0 bridgehead atoms. The summed E-state index contributed by atoms with van der Waals surface area (Å²) in [4.78, 5) is 38.4. The summed E-state index contributed by atoms with van der Waals surface area (Å²) < 4.78 is 47.5. The highest BCUT2D eigenvalue weighted by molar-refractivity contribution is 6.31. The van der Waals surface area contributed by atoms with E-state index in [9.17, 15) is 22.8 Å². The third-order valence-corrected chi connectivity index (χ3v) is 7.56. The molecule has 2 aliphatic heterocycles. The van der Waals surface area contributed by atoms with Gasteiger partial charge in [-0.05, 0) is 30.7 Å². The van der Waals surface area contributed by atoms with Crippen molar-refractivity contribution in [3.05, 3.63) is 111 Å². The molecule has 218 valence electrons. The molecule has 1 aromatic heterocycles. The van der Waals surface area contributed by atoms with Crippen molar-refractivity contribution in [3.63, 3.8) is 0 Å². The summed E-state index contributed by atoms with van der Waals surface area (Å²) in [5.41, 5.74) is 1.98. The van der Waals surface area contributed by atoms with Crippen LogP contribution in [0.1, 0.15) is 33.2 Å². The summed E-state index contributed by atoms with van der Waals surface area (Å²) in [6, 6.07) is 10.6. The highest BCUT2D eigenvalue weighted by atomic mass is 35.5. The molecule has 8 nitrogen and oxygen atoms in total. The summed E-state index contributed by atoms with van der Waals surface area (Å²) in [6.07, 6.45) is 0.854. The summed E-state index contributed by atoms with van der Waals surface area (Å²) >= 11 is 6.38. The maximum absolute atomic E-state index is 14.8. The number of hydrogen-bond acceptors (Lipinski definition) is 7. The molecule has 3 heterocycles. The van der Waals surface area contributed by atoms with Gasteiger partial charge in [-0.15, -0.1) is 0 Å². The second kappa shape index (κ2) is 12.3. The minimum atomic E-state index is -1.10. The zero-order valence-electron chi connectivity index (χ0n) is 22.8. The third kappa shape index (κ3) is 6.02. The van der Waals surface area contributed by atoms with Gasteiger partial charge in [0, 0.05) is 60.6 Å². The number of carbonyl (C=O) groups excluding carboxylic acids is 2. The van der Waals surface area contributed by atoms with Crippen LogP contribution in [-0.4, -0.2) is 72.3 Å². The lowest BCUT2D eigenvalue weighted by Crippen LogP contribution is -2.50. The Kier molecular flexibility index (Phi) is 8.60. The largest absolute Gasteiger partial charge is 0.466 e. The van der Waals surface area contributed by atoms with E-state index >= 15 is 0 Å². The molecule has 3 aromatic rings. The van der Waals surface area contributed by atoms with E-state index in [2.05, 4.69) is 15.3 Å². The lowest BCUT2D eigenvalue weighted by molar-refractivity contribution is -0.136. The zero-order chi connectivity index (χ0) is 30.0. The number of carbonyl (C=O) groups is 2. The fourth-order valence-corrected chi connectivity index (χ4v) is 5.31. The zero-order valence-corrected chi connectivity index (χ0v) is 23.6. The van der Waals surface area contributed by atoms with Gasteiger partial charge in [0.25, 0.3) is 5.91 Å². The number of aryl methyl sites for hydroxylation is 1. The maximum atomic E-state index is 14.8. The third-order valence-electron chi connectivity index (χ3n) is 7.24. The fraction of sp³-hybridized carbons (Fsp3) is 0.267. The lowest BCUT2D eigenvalue weighted by atomic mass is 9.94. The number of aliphatic imine (C=N–C) groups is 1. The van der Waals surface area contributed by atoms with Gasteiger partial charge in [0.2, 0.25) is 0 Å². The second-order valence-corrected chi connectivity index (χ2v) is 10.3. The Morgan fingerprint density at radius 2 is 1.79 bits per heavy atom. The summed E-state index contributed by atoms with van der Waals surface area (Å²) in [7, 11) is 1.21. The molecule has 0 unspecified atom stereocenters. The minimum Gasteiger partial charge on any atom is -0.466 e. The highest BCUT2D eigenvalue weighted by Gasteiger charge is 2.35. The number of nitrogens with zero attached hydrogens (tertiary/aromatic N) is 4. The van der Waals surface area contributed by atoms with Crippen LogP contribution >= 0.6 is 11.6 Å². The topological polar surface area (TPSA) is 87.1 Å². The predicted molar refractivity (Wildman–Crippen MR) is 151 cm³/mol. The number of esters is 1. The number of ether oxygens (including phenoxy) is 1. The van der Waals surface area contributed by atoms with E-state index < -0.39 is 29.5 Å². The van der Waals surface area contributed by atoms with Gasteiger partial charge in [-0.2, -0.15) is 0 Å². The number of hydrogen-bond donors (Lipinski definition) is 1. The molecule has 42 heavy (non-hydrogen) atoms. The van der Waals surface area contributed by atoms with Crippen molar-refractivity contribution >= 4 is 29.3 Å². The molecule has 2 aromatic carbocycles. The number of pyridine rings is 1. The number of amides is 1. The maximum Gasteiger partial charge on any atom is 0.338 e. The first-order valence-electron chi connectivity index (χ1n) is 13.2. The van der Waals surface area contributed by atoms with Crippen LogP contribution in [0.4, 0.5) is 13.2 Å². The van der Waals surface area contributed by atoms with Crippen molar-refractivity contribution in [2.24, 2.45) is 4.99 Å². The van der Waals surface area contributed by atoms with E-state index in [-0.39, 0.29) is 40.1 Å². The van der Waals surface area contributed by atoms with Crippen LogP contribution in [-0.2, 0) is 9.53 Å². The van der Waals surface area contributed by atoms with Crippen molar-refractivity contribution in [2.75, 3.05) is 39.8 Å². The van der Waals surface area contributed by atoms with E-state index in [1.807, 2.05) is 30.0 Å². The van der Waals surface area contributed by atoms with Gasteiger partial charge in [0.15, 0.2) is 11.7 Å². The Bertz CT molecular complexity index is 1600. The molecule has 1 saturated heterocycles. The number of piperazine rings is 1. The van der Waals surface area contributed by atoms with E-state index in [4.69, 9.17) is 16.3 Å². The van der Waals surface area contributed by atoms with Crippen LogP contribution < -0.4 is 5.32 Å². The van der Waals surface area contributed by atoms with Crippen LogP contribution in [0.15, 0.2) is 71.0 Å². The fourth-order valence-electron chi connectivity index (χ4n) is 5.04. The number of amidine groups is 1. The van der Waals surface area contributed by atoms with E-state index in [1.165, 1.54) is 19.2 Å². The smallest absolute Gasteiger partial charge is 0.338 e. The first kappa shape index (κ1) is 29.3. The second-order valence-electron chi connectivity index (χ2n) is 9.92. The molecule has 1 N–H and O–H groups in total. The molecule has 0 saturated carbocycles. The summed E-state index contributed by atoms with van der Waals surface area (Å²) in [5, 5.41) is 3.01. The highest BCUT2D eigenvalue weighted by Crippen LogP contribution is 2.36. The summed E-state index contributed by atoms with van der Waals surface area (Å²) in [5.74, 6) is -3.25. The normalized spacial score (nSPS) is 17.5. The molecule has 0 aliphatic carbocycles. The number of rotatable bonds is 6. The van der Waals surface area contributed by atoms with Gasteiger partial charge in [0.1, 0.15) is 23.4 Å². The first-order chi connectivity index (χ1) is 20.2. The standard InChI is InChI=1S/C30H27ClF3N5O3/c1-17-5-3-4-6-20(17)29(40)39-11-9-38(10-12-39)16-24-25(30(41)42-2)26(21-8-7-18(32)13-22(21)31)37-28(36-24)27-23(34)14-19(33)15-35-27/h3-8,13-15,26H,9-12,16H2,1-2H3,(H,36,37)/t26-/m0/s1. The SMILES string of the molecule is COC(=O)C1=C(CN2CCN(C(=O)c3ccccc3C)CC2)NC(c2ncc(F)cc2F)=N[C@H]1c1ccc(F)cc1Cl. The molecule has 5 rings (SSSR count). The van der Waals surface area contributed by atoms with Gasteiger partial charge in [-0.1, -0.05) is 35.9 Å². The molecule has 1 amide bonds. The Morgan fingerprint density at radius 1 is 1.05 bits per heavy atom. The average Bonchev–Trinajstić information content (AvgIpc) is 2.97. The Labute approximate surface area is 245 Å². The molecule has 12 heteroatoms. The molecule has 1 fully saturated rings. The number of aromatic nitrogens is 1. The molecular formula is C30H27ClF3N5O3. The number of halogens is 4. The molecular weight excluding hydrogens is 571 g/mol. The van der Waals surface area contributed by atoms with Gasteiger partial charge in [-0.3, -0.25) is 14.7 Å². The van der Waals surface area contributed by atoms with Gasteiger partial charge >= 0.3 is 5.97 Å². The van der Waals surface area contributed by atoms with E-state index in [1.54, 1.807) is 11.0 Å². The molecule has 1 atom stereocenters. The Hall–Kier alpha value is -4.22. The number of nitrogens with one attached hydrogen (secondary N) is 1. The van der Waals surface area contributed by atoms with Crippen LogP contribution in [0, 0.1) is 24.4 Å². The van der Waals surface area contributed by atoms with Gasteiger partial charge < -0.3 is 15.0 Å². The number of benzene rings is 2. The lowest BCUT2D eigenvalue weighted by Gasteiger charge is -2.37. The van der Waals surface area contributed by atoms with Gasteiger partial charge in [-0.25, -0.2) is 22.9 Å². The van der Waals surface area contributed by atoms with Crippen LogP contribution in [0.5, 0.6) is 0 Å². The van der Waals surface area contributed by atoms with E-state index in [0.29, 0.717) is 43.5 Å². The van der Waals surface area contributed by atoms with Crippen molar-refractivity contribution in [2.45, 2.75) is 13.0 Å². The minimum absolute atomic E-state index is 0.00150. The molecule has 2 aliphatic rings. The average molecular weight is 598 g/mol. The van der Waals surface area contributed by atoms with Crippen molar-refractivity contribution in [1.29, 1.82) is 0 Å². The molecule has 0 spiro atoms. The Morgan fingerprint density at radius 3 is 2.45 bits per heavy atom. The Balaban J connectivity index is 1.47. The van der Waals surface area contributed by atoms with Crippen molar-refractivity contribution < 1.29 is 27.5 Å². The molecule has 0 radical (unpaired) electrons. The van der Waals surface area contributed by atoms with Crippen molar-refractivity contribution in [1.82, 2.24) is 20.1 Å². The van der Waals surface area contributed by atoms with E-state index in [0.717, 1.165) is 17.8 Å². The van der Waals surface area contributed by atoms with Crippen LogP contribution in [0.25, 0.3) is 0 Å². The quantitative estimate of drug-likeness (QED) is 0.423. The van der Waals surface area contributed by atoms with Crippen molar-refractivity contribution in [3.8, 4) is 0 Å².